The van der Waals surface area contributed by atoms with E-state index in [-0.39, 0.29) is 11.8 Å². The van der Waals surface area contributed by atoms with E-state index in [9.17, 15) is 4.79 Å². The van der Waals surface area contributed by atoms with Gasteiger partial charge in [0.2, 0.25) is 0 Å². The minimum Gasteiger partial charge on any atom is -0.349 e. The Labute approximate surface area is 110 Å². The number of hydrogen-bond acceptors (Lipinski definition) is 4. The van der Waals surface area contributed by atoms with Crippen LogP contribution >= 0.6 is 11.3 Å². The Kier molecular flexibility index (Phi) is 3.76. The summed E-state index contributed by atoms with van der Waals surface area (Å²) in [7, 11) is 1.80. The summed E-state index contributed by atoms with van der Waals surface area (Å²) in [6, 6.07) is 0. The first-order valence-corrected chi connectivity index (χ1v) is 6.63. The quantitative estimate of drug-likeness (QED) is 0.914. The van der Waals surface area contributed by atoms with E-state index in [1.165, 1.54) is 0 Å². The van der Waals surface area contributed by atoms with Crippen molar-refractivity contribution in [1.29, 1.82) is 0 Å². The molecule has 5 nitrogen and oxygen atoms in total. The minimum absolute atomic E-state index is 0.150. The van der Waals surface area contributed by atoms with Gasteiger partial charge in [0.25, 0.3) is 5.91 Å². The summed E-state index contributed by atoms with van der Waals surface area (Å²) >= 11 is 1.63. The van der Waals surface area contributed by atoms with E-state index in [0.29, 0.717) is 12.4 Å². The molecule has 0 saturated heterocycles. The van der Waals surface area contributed by atoms with Crippen LogP contribution in [-0.2, 0) is 7.05 Å². The molecule has 1 N–H and O–H groups in total. The molecule has 0 aliphatic carbocycles. The van der Waals surface area contributed by atoms with E-state index < -0.39 is 0 Å². The van der Waals surface area contributed by atoms with Gasteiger partial charge in [-0.3, -0.25) is 4.79 Å². The third-order valence-electron chi connectivity index (χ3n) is 2.65. The molecule has 0 aliphatic heterocycles. The molecule has 0 spiro atoms. The van der Waals surface area contributed by atoms with E-state index in [4.69, 9.17) is 0 Å². The van der Waals surface area contributed by atoms with Crippen LogP contribution < -0.4 is 5.32 Å². The molecule has 0 fully saturated rings. The van der Waals surface area contributed by atoms with E-state index in [0.717, 1.165) is 10.7 Å². The average Bonchev–Trinajstić information content (AvgIpc) is 2.94. The van der Waals surface area contributed by atoms with Crippen molar-refractivity contribution in [3.05, 3.63) is 34.3 Å². The monoisotopic (exact) mass is 264 g/mol. The zero-order chi connectivity index (χ0) is 13.1. The van der Waals surface area contributed by atoms with Crippen molar-refractivity contribution in [3.63, 3.8) is 0 Å². The summed E-state index contributed by atoms with van der Waals surface area (Å²) in [5.41, 5.74) is 1.03. The largest absolute Gasteiger partial charge is 0.349 e. The molecule has 0 aliphatic rings. The number of aryl methyl sites for hydroxylation is 2. The van der Waals surface area contributed by atoms with Gasteiger partial charge in [-0.05, 0) is 6.92 Å². The molecule has 0 radical (unpaired) electrons. The van der Waals surface area contributed by atoms with Crippen molar-refractivity contribution in [2.75, 3.05) is 6.54 Å². The fraction of sp³-hybridized carbons (Fsp3) is 0.417. The van der Waals surface area contributed by atoms with E-state index in [1.54, 1.807) is 35.3 Å². The second kappa shape index (κ2) is 5.30. The second-order valence-corrected chi connectivity index (χ2v) is 5.19. The molecule has 2 aromatic heterocycles. The maximum Gasteiger partial charge on any atom is 0.287 e. The summed E-state index contributed by atoms with van der Waals surface area (Å²) in [5, 5.41) is 5.95. The van der Waals surface area contributed by atoms with E-state index >= 15 is 0 Å². The lowest BCUT2D eigenvalue weighted by molar-refractivity contribution is 0.0938. The van der Waals surface area contributed by atoms with Crippen molar-refractivity contribution in [2.45, 2.75) is 19.8 Å². The second-order valence-electron chi connectivity index (χ2n) is 4.30. The number of amides is 1. The molecule has 2 rings (SSSR count). The van der Waals surface area contributed by atoms with Crippen LogP contribution in [0.2, 0.25) is 0 Å². The maximum absolute atomic E-state index is 11.9. The topological polar surface area (TPSA) is 59.8 Å². The number of carbonyl (C=O) groups excluding carboxylic acids is 1. The summed E-state index contributed by atoms with van der Waals surface area (Å²) < 4.78 is 1.70. The number of imidazole rings is 1. The molecule has 0 bridgehead atoms. The number of nitrogens with one attached hydrogen (secondary N) is 1. The van der Waals surface area contributed by atoms with Crippen LogP contribution in [0.4, 0.5) is 0 Å². The fourth-order valence-electron chi connectivity index (χ4n) is 1.60. The van der Waals surface area contributed by atoms with Crippen molar-refractivity contribution >= 4 is 17.2 Å². The van der Waals surface area contributed by atoms with Crippen LogP contribution in [0.1, 0.15) is 34.2 Å². The molecule has 96 valence electrons. The lowest BCUT2D eigenvalue weighted by Crippen LogP contribution is -2.29. The normalized spacial score (nSPS) is 12.4. The Bertz CT molecular complexity index is 546. The zero-order valence-corrected chi connectivity index (χ0v) is 11.5. The van der Waals surface area contributed by atoms with Crippen molar-refractivity contribution < 1.29 is 4.79 Å². The summed E-state index contributed by atoms with van der Waals surface area (Å²) in [4.78, 5) is 20.3. The number of hydrogen-bond donors (Lipinski definition) is 1. The SMILES string of the molecule is Cc1csc([C@@H](C)CNC(=O)c2nccn2C)n1. The van der Waals surface area contributed by atoms with Gasteiger partial charge in [-0.2, -0.15) is 0 Å². The highest BCUT2D eigenvalue weighted by Crippen LogP contribution is 2.18. The first kappa shape index (κ1) is 12.8. The molecule has 1 amide bonds. The number of aromatic nitrogens is 3. The third-order valence-corrected chi connectivity index (χ3v) is 3.85. The molecule has 0 unspecified atom stereocenters. The van der Waals surface area contributed by atoms with Crippen LogP contribution in [0.15, 0.2) is 17.8 Å². The Morgan fingerprint density at radius 2 is 2.39 bits per heavy atom. The van der Waals surface area contributed by atoms with Crippen LogP contribution in [0.3, 0.4) is 0 Å². The van der Waals surface area contributed by atoms with E-state index in [1.807, 2.05) is 12.3 Å². The molecule has 6 heteroatoms. The van der Waals surface area contributed by atoms with Gasteiger partial charge in [-0.15, -0.1) is 11.3 Å². The Morgan fingerprint density at radius 1 is 1.61 bits per heavy atom. The predicted octanol–water partition coefficient (Wildman–Crippen LogP) is 1.72. The standard InChI is InChI=1S/C12H16N4OS/c1-8(12-15-9(2)7-18-12)6-14-11(17)10-13-4-5-16(10)3/h4-5,7-8H,6H2,1-3H3,(H,14,17)/t8-/m0/s1. The summed E-state index contributed by atoms with van der Waals surface area (Å²) in [5.74, 6) is 0.494. The maximum atomic E-state index is 11.9. The Morgan fingerprint density at radius 3 is 2.94 bits per heavy atom. The Hall–Kier alpha value is -1.69. The number of carbonyl (C=O) groups is 1. The van der Waals surface area contributed by atoms with Gasteiger partial charge in [-0.25, -0.2) is 9.97 Å². The van der Waals surface area contributed by atoms with Gasteiger partial charge < -0.3 is 9.88 Å². The average molecular weight is 264 g/mol. The van der Waals surface area contributed by atoms with E-state index in [2.05, 4.69) is 22.2 Å². The molecule has 18 heavy (non-hydrogen) atoms. The van der Waals surface area contributed by atoms with Gasteiger partial charge in [0.15, 0.2) is 5.82 Å². The highest BCUT2D eigenvalue weighted by molar-refractivity contribution is 7.09. The lowest BCUT2D eigenvalue weighted by Gasteiger charge is -2.09. The molecular formula is C12H16N4OS. The third kappa shape index (κ3) is 2.76. The molecule has 2 heterocycles. The summed E-state index contributed by atoms with van der Waals surface area (Å²) in [6.07, 6.45) is 3.37. The highest BCUT2D eigenvalue weighted by Gasteiger charge is 2.14. The zero-order valence-electron chi connectivity index (χ0n) is 10.7. The number of thiazole rings is 1. The van der Waals surface area contributed by atoms with Crippen molar-refractivity contribution in [3.8, 4) is 0 Å². The molecule has 1 atom stereocenters. The summed E-state index contributed by atoms with van der Waals surface area (Å²) in [6.45, 7) is 4.59. The van der Waals surface area contributed by atoms with Gasteiger partial charge >= 0.3 is 0 Å². The molecule has 0 aromatic carbocycles. The van der Waals surface area contributed by atoms with Gasteiger partial charge in [-0.1, -0.05) is 6.92 Å². The number of rotatable bonds is 4. The molecular weight excluding hydrogens is 248 g/mol. The minimum atomic E-state index is -0.150. The fourth-order valence-corrected chi connectivity index (χ4v) is 2.45. The van der Waals surface area contributed by atoms with Crippen LogP contribution in [-0.4, -0.2) is 27.0 Å². The molecule has 0 saturated carbocycles. The first-order valence-electron chi connectivity index (χ1n) is 5.75. The first-order chi connectivity index (χ1) is 8.58. The Balaban J connectivity index is 1.92. The molecule has 2 aromatic rings. The van der Waals surface area contributed by atoms with Crippen LogP contribution in [0.25, 0.3) is 0 Å². The van der Waals surface area contributed by atoms with Gasteiger partial charge in [0.1, 0.15) is 0 Å². The number of nitrogens with zero attached hydrogens (tertiary/aromatic N) is 3. The van der Waals surface area contributed by atoms with Gasteiger partial charge in [0, 0.05) is 43.0 Å². The predicted molar refractivity (Wildman–Crippen MR) is 70.8 cm³/mol. The lowest BCUT2D eigenvalue weighted by atomic mass is 10.2. The van der Waals surface area contributed by atoms with Crippen LogP contribution in [0.5, 0.6) is 0 Å². The highest BCUT2D eigenvalue weighted by atomic mass is 32.1. The van der Waals surface area contributed by atoms with Crippen molar-refractivity contribution in [2.24, 2.45) is 7.05 Å². The van der Waals surface area contributed by atoms with Crippen molar-refractivity contribution in [1.82, 2.24) is 19.9 Å². The smallest absolute Gasteiger partial charge is 0.287 e. The van der Waals surface area contributed by atoms with Gasteiger partial charge in [0.05, 0.1) is 5.01 Å². The van der Waals surface area contributed by atoms with Crippen LogP contribution in [0, 0.1) is 6.92 Å².